The Morgan fingerprint density at radius 1 is 1.47 bits per heavy atom. The third kappa shape index (κ3) is 1.89. The first kappa shape index (κ1) is 10.6. The van der Waals surface area contributed by atoms with Crippen LogP contribution in [0.3, 0.4) is 0 Å². The Morgan fingerprint density at radius 2 is 2.18 bits per heavy atom. The molecule has 1 heterocycles. The van der Waals surface area contributed by atoms with Crippen LogP contribution in [0.25, 0.3) is 0 Å². The van der Waals surface area contributed by atoms with Gasteiger partial charge in [0.2, 0.25) is 0 Å². The number of carboxylic acid groups (broad SMARTS) is 1. The molecule has 1 aliphatic carbocycles. The van der Waals surface area contributed by atoms with Gasteiger partial charge >= 0.3 is 5.97 Å². The number of carbonyl (C=O) groups is 1. The van der Waals surface area contributed by atoms with Crippen molar-refractivity contribution < 1.29 is 19.4 Å². The molecule has 1 aromatic carbocycles. The van der Waals surface area contributed by atoms with E-state index in [-0.39, 0.29) is 6.10 Å². The smallest absolute Gasteiger partial charge is 0.314 e. The number of para-hydroxylation sites is 1. The van der Waals surface area contributed by atoms with Gasteiger partial charge in [-0.15, -0.1) is 0 Å². The fourth-order valence-electron chi connectivity index (χ4n) is 2.06. The fraction of sp³-hybridized carbons (Fsp3) is 0.462. The fourth-order valence-corrected chi connectivity index (χ4v) is 2.06. The minimum atomic E-state index is -0.753. The molecule has 17 heavy (non-hydrogen) atoms. The topological polar surface area (TPSA) is 59.1 Å². The number of ether oxygens (including phenoxy) is 2. The van der Waals surface area contributed by atoms with Crippen LogP contribution in [-0.2, 0) is 14.9 Å². The number of benzene rings is 1. The minimum absolute atomic E-state index is 0.183. The summed E-state index contributed by atoms with van der Waals surface area (Å²) < 4.78 is 10.7. The molecule has 1 aliphatic heterocycles. The molecular formula is C13H14O4. The van der Waals surface area contributed by atoms with Gasteiger partial charge in [0.05, 0.1) is 12.0 Å². The molecule has 1 N–H and O–H groups in total. The van der Waals surface area contributed by atoms with E-state index in [0.717, 1.165) is 12.2 Å². The summed E-state index contributed by atoms with van der Waals surface area (Å²) in [6, 6.07) is 7.41. The van der Waals surface area contributed by atoms with Crippen LogP contribution in [0, 0.1) is 0 Å². The van der Waals surface area contributed by atoms with Crippen molar-refractivity contribution in [2.45, 2.75) is 24.4 Å². The highest BCUT2D eigenvalue weighted by Crippen LogP contribution is 2.51. The molecule has 0 aromatic heterocycles. The molecule has 2 aliphatic rings. The normalized spacial score (nSPS) is 24.1. The van der Waals surface area contributed by atoms with Crippen molar-refractivity contribution in [1.29, 1.82) is 0 Å². The molecule has 0 unspecified atom stereocenters. The standard InChI is InChI=1S/C13H14O4/c14-12(15)13(5-6-13)10-3-1-2-4-11(10)17-8-9-7-16-9/h1-4,9H,5-8H2,(H,14,15)/t9-/m0/s1. The van der Waals surface area contributed by atoms with Crippen LogP contribution in [-0.4, -0.2) is 30.4 Å². The lowest BCUT2D eigenvalue weighted by molar-refractivity contribution is -0.140. The quantitative estimate of drug-likeness (QED) is 0.786. The van der Waals surface area contributed by atoms with Gasteiger partial charge in [-0.05, 0) is 18.9 Å². The van der Waals surface area contributed by atoms with Crippen LogP contribution in [0.5, 0.6) is 5.75 Å². The molecular weight excluding hydrogens is 220 g/mol. The van der Waals surface area contributed by atoms with E-state index in [2.05, 4.69) is 0 Å². The van der Waals surface area contributed by atoms with Crippen molar-refractivity contribution in [1.82, 2.24) is 0 Å². The van der Waals surface area contributed by atoms with E-state index in [1.165, 1.54) is 0 Å². The van der Waals surface area contributed by atoms with Gasteiger partial charge < -0.3 is 14.6 Å². The molecule has 1 aromatic rings. The molecule has 0 spiro atoms. The molecule has 4 nitrogen and oxygen atoms in total. The number of carboxylic acids is 1. The average Bonchev–Trinajstić information content (AvgIpc) is 3.20. The second kappa shape index (κ2) is 3.74. The van der Waals surface area contributed by atoms with Crippen LogP contribution in [0.15, 0.2) is 24.3 Å². The summed E-state index contributed by atoms with van der Waals surface area (Å²) in [5, 5.41) is 9.29. The second-order valence-electron chi connectivity index (χ2n) is 4.65. The van der Waals surface area contributed by atoms with Crippen LogP contribution >= 0.6 is 0 Å². The number of epoxide rings is 1. The maximum Gasteiger partial charge on any atom is 0.314 e. The largest absolute Gasteiger partial charge is 0.490 e. The molecule has 4 heteroatoms. The first-order chi connectivity index (χ1) is 8.22. The Bertz CT molecular complexity index is 446. The molecule has 0 radical (unpaired) electrons. The molecule has 0 bridgehead atoms. The predicted molar refractivity (Wildman–Crippen MR) is 60.2 cm³/mol. The Balaban J connectivity index is 1.85. The van der Waals surface area contributed by atoms with E-state index in [1.807, 2.05) is 24.3 Å². The van der Waals surface area contributed by atoms with Gasteiger partial charge in [0.25, 0.3) is 0 Å². The van der Waals surface area contributed by atoms with E-state index in [4.69, 9.17) is 9.47 Å². The molecule has 1 atom stereocenters. The van der Waals surface area contributed by atoms with E-state index in [0.29, 0.717) is 25.2 Å². The third-order valence-corrected chi connectivity index (χ3v) is 3.39. The molecule has 1 saturated heterocycles. The summed E-state index contributed by atoms with van der Waals surface area (Å²) in [7, 11) is 0. The highest BCUT2D eigenvalue weighted by Gasteiger charge is 2.53. The lowest BCUT2D eigenvalue weighted by Gasteiger charge is -2.15. The van der Waals surface area contributed by atoms with Gasteiger partial charge in [-0.25, -0.2) is 0 Å². The summed E-state index contributed by atoms with van der Waals surface area (Å²) in [6.45, 7) is 1.25. The first-order valence-electron chi connectivity index (χ1n) is 5.80. The number of hydrogen-bond acceptors (Lipinski definition) is 3. The third-order valence-electron chi connectivity index (χ3n) is 3.39. The molecule has 0 amide bonds. The van der Waals surface area contributed by atoms with Gasteiger partial charge in [-0.1, -0.05) is 18.2 Å². The van der Waals surface area contributed by atoms with Crippen molar-refractivity contribution in [2.75, 3.05) is 13.2 Å². The van der Waals surface area contributed by atoms with Gasteiger partial charge in [0.1, 0.15) is 18.5 Å². The van der Waals surface area contributed by atoms with E-state index >= 15 is 0 Å². The molecule has 90 valence electrons. The van der Waals surface area contributed by atoms with E-state index in [1.54, 1.807) is 0 Å². The van der Waals surface area contributed by atoms with E-state index < -0.39 is 11.4 Å². The summed E-state index contributed by atoms with van der Waals surface area (Å²) in [5.41, 5.74) is 0.0919. The van der Waals surface area contributed by atoms with Crippen molar-refractivity contribution in [2.24, 2.45) is 0 Å². The predicted octanol–water partition coefficient (Wildman–Crippen LogP) is 1.58. The number of hydrogen-bond donors (Lipinski definition) is 1. The highest BCUT2D eigenvalue weighted by molar-refractivity contribution is 5.86. The van der Waals surface area contributed by atoms with Gasteiger partial charge in [0.15, 0.2) is 0 Å². The lowest BCUT2D eigenvalue weighted by atomic mass is 9.95. The highest BCUT2D eigenvalue weighted by atomic mass is 16.6. The van der Waals surface area contributed by atoms with E-state index in [9.17, 15) is 9.90 Å². The van der Waals surface area contributed by atoms with Crippen LogP contribution in [0.2, 0.25) is 0 Å². The summed E-state index contributed by atoms with van der Waals surface area (Å²) in [6.07, 6.45) is 1.58. The zero-order valence-corrected chi connectivity index (χ0v) is 9.39. The zero-order valence-electron chi connectivity index (χ0n) is 9.39. The van der Waals surface area contributed by atoms with Crippen molar-refractivity contribution >= 4 is 5.97 Å². The van der Waals surface area contributed by atoms with Crippen LogP contribution in [0.4, 0.5) is 0 Å². The Hall–Kier alpha value is -1.55. The zero-order chi connectivity index (χ0) is 11.9. The van der Waals surface area contributed by atoms with Crippen LogP contribution < -0.4 is 4.74 Å². The monoisotopic (exact) mass is 234 g/mol. The minimum Gasteiger partial charge on any atom is -0.490 e. The molecule has 2 fully saturated rings. The van der Waals surface area contributed by atoms with Crippen molar-refractivity contribution in [3.8, 4) is 5.75 Å². The number of aliphatic carboxylic acids is 1. The summed E-state index contributed by atoms with van der Waals surface area (Å²) >= 11 is 0. The van der Waals surface area contributed by atoms with Gasteiger partial charge in [-0.2, -0.15) is 0 Å². The summed E-state index contributed by atoms with van der Waals surface area (Å²) in [5.74, 6) is -0.0703. The Morgan fingerprint density at radius 3 is 2.76 bits per heavy atom. The number of rotatable bonds is 5. The maximum absolute atomic E-state index is 11.3. The Kier molecular flexibility index (Phi) is 2.33. The SMILES string of the molecule is O=C(O)C1(c2ccccc2OC[C@@H]2CO2)CC1. The van der Waals surface area contributed by atoms with Crippen LogP contribution in [0.1, 0.15) is 18.4 Å². The first-order valence-corrected chi connectivity index (χ1v) is 5.80. The van der Waals surface area contributed by atoms with Gasteiger partial charge in [0, 0.05) is 5.56 Å². The van der Waals surface area contributed by atoms with Crippen molar-refractivity contribution in [3.63, 3.8) is 0 Å². The average molecular weight is 234 g/mol. The second-order valence-corrected chi connectivity index (χ2v) is 4.65. The van der Waals surface area contributed by atoms with Gasteiger partial charge in [-0.3, -0.25) is 4.79 Å². The summed E-state index contributed by atoms with van der Waals surface area (Å²) in [4.78, 5) is 11.3. The van der Waals surface area contributed by atoms with Crippen molar-refractivity contribution in [3.05, 3.63) is 29.8 Å². The Labute approximate surface area is 99.2 Å². The molecule has 1 saturated carbocycles. The lowest BCUT2D eigenvalue weighted by Crippen LogP contribution is -2.21. The molecule has 3 rings (SSSR count). The maximum atomic E-state index is 11.3.